The van der Waals surface area contributed by atoms with Gasteiger partial charge in [0.25, 0.3) is 0 Å². The second-order valence-corrected chi connectivity index (χ2v) is 5.35. The summed E-state index contributed by atoms with van der Waals surface area (Å²) in [7, 11) is 2.93. The predicted octanol–water partition coefficient (Wildman–Crippen LogP) is 1.74. The molecule has 0 spiro atoms. The molecule has 1 atom stereocenters. The number of Topliss-reactive ketones (excluding diaryl/α,β-unsaturated/α-hetero) is 1. The van der Waals surface area contributed by atoms with Crippen LogP contribution in [0.5, 0.6) is 0 Å². The van der Waals surface area contributed by atoms with E-state index in [0.717, 1.165) is 0 Å². The van der Waals surface area contributed by atoms with Crippen LogP contribution in [-0.2, 0) is 14.3 Å². The fourth-order valence-electron chi connectivity index (χ4n) is 2.55. The maximum Gasteiger partial charge on any atom is 0.336 e. The largest absolute Gasteiger partial charge is 0.478 e. The normalized spacial score (nSPS) is 20.0. The first-order chi connectivity index (χ1) is 10.2. The highest BCUT2D eigenvalue weighted by atomic mass is 16.5. The van der Waals surface area contributed by atoms with Crippen LogP contribution in [-0.4, -0.2) is 42.5 Å². The number of anilines is 1. The minimum atomic E-state index is -1.23. The number of carbonyl (C=O) groups is 3. The van der Waals surface area contributed by atoms with Gasteiger partial charge in [-0.25, -0.2) is 9.59 Å². The Morgan fingerprint density at radius 2 is 1.91 bits per heavy atom. The number of carbonyl (C=O) groups excluding carboxylic acids is 2. The highest BCUT2D eigenvalue weighted by Gasteiger charge is 2.42. The number of methoxy groups -OCH3 is 1. The number of esters is 1. The van der Waals surface area contributed by atoms with E-state index in [-0.39, 0.29) is 11.4 Å². The van der Waals surface area contributed by atoms with Crippen LogP contribution in [0.1, 0.15) is 29.8 Å². The second-order valence-electron chi connectivity index (χ2n) is 5.35. The Balaban J connectivity index is 2.72. The summed E-state index contributed by atoms with van der Waals surface area (Å²) in [6.07, 6.45) is 1.35. The van der Waals surface area contributed by atoms with Crippen LogP contribution < -0.4 is 4.90 Å². The van der Waals surface area contributed by atoms with Crippen molar-refractivity contribution in [1.29, 1.82) is 0 Å². The number of rotatable bonds is 3. The zero-order valence-corrected chi connectivity index (χ0v) is 12.8. The van der Waals surface area contributed by atoms with Crippen molar-refractivity contribution in [3.8, 4) is 0 Å². The number of likely N-dealkylation sites (N-methyl/N-ethyl adjacent to an activating group) is 1. The Kier molecular flexibility index (Phi) is 3.79. The molecule has 1 aromatic carbocycles. The fraction of sp³-hybridized carbons (Fsp3) is 0.312. The number of ether oxygens (including phenoxy) is 1. The smallest absolute Gasteiger partial charge is 0.336 e. The topological polar surface area (TPSA) is 83.9 Å². The minimum absolute atomic E-state index is 0.0240. The molecule has 0 saturated heterocycles. The zero-order chi connectivity index (χ0) is 16.7. The summed E-state index contributed by atoms with van der Waals surface area (Å²) in [4.78, 5) is 36.8. The van der Waals surface area contributed by atoms with Crippen molar-refractivity contribution in [2.75, 3.05) is 19.1 Å². The highest BCUT2D eigenvalue weighted by Crippen LogP contribution is 2.39. The summed E-state index contributed by atoms with van der Waals surface area (Å²) in [5.41, 5.74) is 0.125. The Bertz CT molecular complexity index is 706. The van der Waals surface area contributed by atoms with E-state index in [1.807, 2.05) is 0 Å². The maximum atomic E-state index is 12.1. The third-order valence-corrected chi connectivity index (χ3v) is 4.01. The van der Waals surface area contributed by atoms with Crippen LogP contribution >= 0.6 is 0 Å². The first kappa shape index (κ1) is 15.8. The lowest BCUT2D eigenvalue weighted by molar-refractivity contribution is -0.144. The SMILES string of the molecule is COC(=O)C1(C)C=C(C(=O)O)c2cc(C(C)=O)ccc2N1C. The quantitative estimate of drug-likeness (QED) is 0.676. The number of carboxylic acids is 1. The number of fused-ring (bicyclic) bond motifs is 1. The molecule has 1 N–H and O–H groups in total. The number of carboxylic acid groups (broad SMARTS) is 1. The van der Waals surface area contributed by atoms with Gasteiger partial charge >= 0.3 is 11.9 Å². The third-order valence-electron chi connectivity index (χ3n) is 4.01. The average Bonchev–Trinajstić information content (AvgIpc) is 2.49. The Morgan fingerprint density at radius 3 is 2.41 bits per heavy atom. The molecule has 1 aliphatic rings. The molecule has 1 unspecified atom stereocenters. The molecule has 1 heterocycles. The third kappa shape index (κ3) is 2.26. The van der Waals surface area contributed by atoms with E-state index in [9.17, 15) is 19.5 Å². The fourth-order valence-corrected chi connectivity index (χ4v) is 2.55. The molecule has 0 aromatic heterocycles. The summed E-state index contributed by atoms with van der Waals surface area (Å²) < 4.78 is 4.80. The van der Waals surface area contributed by atoms with Crippen LogP contribution in [0.4, 0.5) is 5.69 Å². The zero-order valence-electron chi connectivity index (χ0n) is 12.8. The molecule has 1 aliphatic heterocycles. The second kappa shape index (κ2) is 5.29. The predicted molar refractivity (Wildman–Crippen MR) is 80.9 cm³/mol. The monoisotopic (exact) mass is 303 g/mol. The van der Waals surface area contributed by atoms with Gasteiger partial charge in [-0.05, 0) is 38.1 Å². The summed E-state index contributed by atoms with van der Waals surface area (Å²) in [5.74, 6) is -1.88. The van der Waals surface area contributed by atoms with Crippen LogP contribution in [0.3, 0.4) is 0 Å². The Morgan fingerprint density at radius 1 is 1.27 bits per heavy atom. The van der Waals surface area contributed by atoms with Gasteiger partial charge in [-0.3, -0.25) is 4.79 Å². The molecule has 2 rings (SSSR count). The standard InChI is InChI=1S/C16H17NO5/c1-9(18)10-5-6-13-11(7-10)12(14(19)20)8-16(2,17(13)3)15(21)22-4/h5-8H,1-4H3,(H,19,20). The summed E-state index contributed by atoms with van der Waals surface area (Å²) in [6, 6.07) is 4.79. The molecule has 0 radical (unpaired) electrons. The van der Waals surface area contributed by atoms with E-state index in [2.05, 4.69) is 0 Å². The van der Waals surface area contributed by atoms with E-state index in [4.69, 9.17) is 4.74 Å². The first-order valence-electron chi connectivity index (χ1n) is 6.66. The highest BCUT2D eigenvalue weighted by molar-refractivity contribution is 6.20. The number of hydrogen-bond donors (Lipinski definition) is 1. The van der Waals surface area contributed by atoms with Gasteiger partial charge < -0.3 is 14.7 Å². The summed E-state index contributed by atoms with van der Waals surface area (Å²) in [5, 5.41) is 9.46. The van der Waals surface area contributed by atoms with Crippen LogP contribution in [0.2, 0.25) is 0 Å². The van der Waals surface area contributed by atoms with Gasteiger partial charge in [-0.2, -0.15) is 0 Å². The van der Waals surface area contributed by atoms with Crippen molar-refractivity contribution in [3.63, 3.8) is 0 Å². The number of benzene rings is 1. The van der Waals surface area contributed by atoms with Crippen molar-refractivity contribution < 1.29 is 24.2 Å². The molecule has 0 bridgehead atoms. The van der Waals surface area contributed by atoms with Crippen molar-refractivity contribution in [1.82, 2.24) is 0 Å². The van der Waals surface area contributed by atoms with Crippen LogP contribution in [0.25, 0.3) is 5.57 Å². The molecule has 0 amide bonds. The average molecular weight is 303 g/mol. The molecule has 1 aromatic rings. The van der Waals surface area contributed by atoms with Crippen molar-refractivity contribution >= 4 is 29.0 Å². The van der Waals surface area contributed by atoms with Crippen molar-refractivity contribution in [3.05, 3.63) is 35.4 Å². The molecule has 22 heavy (non-hydrogen) atoms. The molecule has 6 heteroatoms. The molecule has 116 valence electrons. The van der Waals surface area contributed by atoms with Gasteiger partial charge in [-0.15, -0.1) is 0 Å². The molecule has 6 nitrogen and oxygen atoms in total. The molecule has 0 fully saturated rings. The van der Waals surface area contributed by atoms with Crippen LogP contribution in [0.15, 0.2) is 24.3 Å². The van der Waals surface area contributed by atoms with Gasteiger partial charge in [-0.1, -0.05) is 0 Å². The summed E-state index contributed by atoms with van der Waals surface area (Å²) >= 11 is 0. The molecular formula is C16H17NO5. The maximum absolute atomic E-state index is 12.1. The number of ketones is 1. The molecule has 0 saturated carbocycles. The van der Waals surface area contributed by atoms with E-state index < -0.39 is 17.5 Å². The van der Waals surface area contributed by atoms with Crippen LogP contribution in [0, 0.1) is 0 Å². The Hall–Kier alpha value is -2.63. The minimum Gasteiger partial charge on any atom is -0.478 e. The number of aliphatic carboxylic acids is 1. The van der Waals surface area contributed by atoms with Gasteiger partial charge in [0.05, 0.1) is 12.7 Å². The molecule has 0 aliphatic carbocycles. The van der Waals surface area contributed by atoms with Gasteiger partial charge in [0, 0.05) is 23.9 Å². The number of nitrogens with zero attached hydrogens (tertiary/aromatic N) is 1. The number of hydrogen-bond acceptors (Lipinski definition) is 5. The lowest BCUT2D eigenvalue weighted by Crippen LogP contribution is -2.52. The molecular weight excluding hydrogens is 286 g/mol. The van der Waals surface area contributed by atoms with E-state index in [1.54, 1.807) is 31.0 Å². The van der Waals surface area contributed by atoms with Gasteiger partial charge in [0.2, 0.25) is 0 Å². The lowest BCUT2D eigenvalue weighted by atomic mass is 9.86. The van der Waals surface area contributed by atoms with E-state index >= 15 is 0 Å². The van der Waals surface area contributed by atoms with E-state index in [1.165, 1.54) is 26.2 Å². The van der Waals surface area contributed by atoms with E-state index in [0.29, 0.717) is 16.8 Å². The first-order valence-corrected chi connectivity index (χ1v) is 6.66. The van der Waals surface area contributed by atoms with Gasteiger partial charge in [0.1, 0.15) is 0 Å². The van der Waals surface area contributed by atoms with Crippen molar-refractivity contribution in [2.24, 2.45) is 0 Å². The van der Waals surface area contributed by atoms with Gasteiger partial charge in [0.15, 0.2) is 11.3 Å². The Labute approximate surface area is 128 Å². The lowest BCUT2D eigenvalue weighted by Gasteiger charge is -2.40. The summed E-state index contributed by atoms with van der Waals surface area (Å²) in [6.45, 7) is 3.00. The van der Waals surface area contributed by atoms with Crippen molar-refractivity contribution in [2.45, 2.75) is 19.4 Å².